The topological polar surface area (TPSA) is 52.5 Å². The van der Waals surface area contributed by atoms with Crippen LogP contribution in [0.1, 0.15) is 39.0 Å². The molecule has 1 rings (SSSR count). The maximum Gasteiger partial charge on any atom is 0.0716 e. The van der Waals surface area contributed by atoms with E-state index >= 15 is 0 Å². The molecule has 0 radical (unpaired) electrons. The highest BCUT2D eigenvalue weighted by atomic mass is 16.3. The van der Waals surface area contributed by atoms with Gasteiger partial charge in [-0.1, -0.05) is 56.2 Å². The highest BCUT2D eigenvalue weighted by molar-refractivity contribution is 5.13. The van der Waals surface area contributed by atoms with Crippen LogP contribution in [-0.2, 0) is 0 Å². The summed E-state index contributed by atoms with van der Waals surface area (Å²) in [6, 6.07) is 0.0515. The Labute approximate surface area is 116 Å². The Balaban J connectivity index is 2.25. The molecule has 0 unspecified atom stereocenters. The number of allylic oxidation sites excluding steroid dienone is 5. The maximum absolute atomic E-state index is 9.63. The molecule has 0 aliphatic carbocycles. The summed E-state index contributed by atoms with van der Waals surface area (Å²) in [6.45, 7) is 2.18. The van der Waals surface area contributed by atoms with Crippen LogP contribution in [0.2, 0.25) is 0 Å². The predicted octanol–water partition coefficient (Wildman–Crippen LogP) is 2.32. The van der Waals surface area contributed by atoms with Gasteiger partial charge in [0.15, 0.2) is 0 Å². The summed E-state index contributed by atoms with van der Waals surface area (Å²) in [5.41, 5.74) is 0. The Kier molecular flexibility index (Phi) is 8.47. The quantitative estimate of drug-likeness (QED) is 0.489. The second-order valence-corrected chi connectivity index (χ2v) is 5.05. The standard InChI is InChI=1S/C16H27NO2/c1-2-3-4-5-6-7-8-9-10-14-11-12-16(19)15(13-18)17-14/h5-10,14-19H,2-4,11-13H2,1H3/b6-5+,8-7+,10-9+/t14-,15-,16-/m1/s1. The van der Waals surface area contributed by atoms with Crippen molar-refractivity contribution in [3.8, 4) is 0 Å². The molecular formula is C16H27NO2. The van der Waals surface area contributed by atoms with Gasteiger partial charge in [0, 0.05) is 6.04 Å². The summed E-state index contributed by atoms with van der Waals surface area (Å²) in [4.78, 5) is 0. The van der Waals surface area contributed by atoms with E-state index in [1.165, 1.54) is 12.8 Å². The molecule has 3 heteroatoms. The van der Waals surface area contributed by atoms with Crippen LogP contribution in [0, 0.1) is 0 Å². The molecule has 3 N–H and O–H groups in total. The van der Waals surface area contributed by atoms with Crippen LogP contribution >= 0.6 is 0 Å². The van der Waals surface area contributed by atoms with Crippen molar-refractivity contribution in [2.24, 2.45) is 0 Å². The van der Waals surface area contributed by atoms with Crippen LogP contribution < -0.4 is 5.32 Å². The first kappa shape index (κ1) is 16.2. The first-order valence-corrected chi connectivity index (χ1v) is 7.33. The smallest absolute Gasteiger partial charge is 0.0716 e. The fourth-order valence-corrected chi connectivity index (χ4v) is 2.17. The van der Waals surface area contributed by atoms with Gasteiger partial charge in [0.1, 0.15) is 0 Å². The van der Waals surface area contributed by atoms with Gasteiger partial charge in [-0.2, -0.15) is 0 Å². The molecule has 0 amide bonds. The highest BCUT2D eigenvalue weighted by Crippen LogP contribution is 2.14. The van der Waals surface area contributed by atoms with Crippen LogP contribution in [0.3, 0.4) is 0 Å². The summed E-state index contributed by atoms with van der Waals surface area (Å²) in [5.74, 6) is 0. The molecule has 0 aromatic heterocycles. The monoisotopic (exact) mass is 265 g/mol. The number of nitrogens with one attached hydrogen (secondary N) is 1. The highest BCUT2D eigenvalue weighted by Gasteiger charge is 2.26. The Hall–Kier alpha value is -0.900. The Bertz CT molecular complexity index is 310. The van der Waals surface area contributed by atoms with Crippen molar-refractivity contribution in [3.05, 3.63) is 36.5 Å². The first-order chi connectivity index (χ1) is 9.27. The summed E-state index contributed by atoms with van der Waals surface area (Å²) in [5, 5.41) is 22.0. The zero-order valence-corrected chi connectivity index (χ0v) is 11.8. The third-order valence-corrected chi connectivity index (χ3v) is 3.40. The second-order valence-electron chi connectivity index (χ2n) is 5.05. The van der Waals surface area contributed by atoms with E-state index in [9.17, 15) is 5.11 Å². The van der Waals surface area contributed by atoms with Gasteiger partial charge in [0.25, 0.3) is 0 Å². The zero-order chi connectivity index (χ0) is 13.9. The van der Waals surface area contributed by atoms with Gasteiger partial charge < -0.3 is 15.5 Å². The summed E-state index contributed by atoms with van der Waals surface area (Å²) < 4.78 is 0. The van der Waals surface area contributed by atoms with Gasteiger partial charge >= 0.3 is 0 Å². The molecule has 1 aliphatic rings. The molecule has 0 bridgehead atoms. The van der Waals surface area contributed by atoms with E-state index < -0.39 is 6.10 Å². The normalized spacial score (nSPS) is 28.9. The van der Waals surface area contributed by atoms with Crippen molar-refractivity contribution in [1.29, 1.82) is 0 Å². The Morgan fingerprint density at radius 2 is 1.95 bits per heavy atom. The Morgan fingerprint density at radius 1 is 1.16 bits per heavy atom. The molecule has 0 aromatic carbocycles. The number of hydrogen-bond donors (Lipinski definition) is 3. The molecule has 3 atom stereocenters. The number of piperidine rings is 1. The van der Waals surface area contributed by atoms with Crippen LogP contribution in [0.4, 0.5) is 0 Å². The van der Waals surface area contributed by atoms with Crippen molar-refractivity contribution in [2.75, 3.05) is 6.61 Å². The minimum atomic E-state index is -0.424. The number of aliphatic hydroxyl groups excluding tert-OH is 2. The maximum atomic E-state index is 9.63. The van der Waals surface area contributed by atoms with E-state index in [1.54, 1.807) is 0 Å². The average molecular weight is 265 g/mol. The molecule has 0 saturated carbocycles. The van der Waals surface area contributed by atoms with E-state index in [1.807, 2.05) is 18.2 Å². The van der Waals surface area contributed by atoms with Crippen molar-refractivity contribution in [2.45, 2.75) is 57.2 Å². The molecule has 19 heavy (non-hydrogen) atoms. The molecular weight excluding hydrogens is 238 g/mol. The molecule has 0 spiro atoms. The molecule has 1 saturated heterocycles. The van der Waals surface area contributed by atoms with Gasteiger partial charge in [-0.15, -0.1) is 0 Å². The minimum absolute atomic E-state index is 0.0124. The molecule has 1 aliphatic heterocycles. The van der Waals surface area contributed by atoms with E-state index in [2.05, 4.69) is 30.5 Å². The fourth-order valence-electron chi connectivity index (χ4n) is 2.17. The van der Waals surface area contributed by atoms with Crippen molar-refractivity contribution in [1.82, 2.24) is 5.32 Å². The summed E-state index contributed by atoms with van der Waals surface area (Å²) in [7, 11) is 0. The number of aliphatic hydroxyl groups is 2. The van der Waals surface area contributed by atoms with E-state index in [0.717, 1.165) is 19.3 Å². The lowest BCUT2D eigenvalue weighted by Crippen LogP contribution is -2.51. The van der Waals surface area contributed by atoms with Crippen molar-refractivity contribution >= 4 is 0 Å². The van der Waals surface area contributed by atoms with Gasteiger partial charge in [0.05, 0.1) is 18.8 Å². The van der Waals surface area contributed by atoms with Gasteiger partial charge in [-0.3, -0.25) is 0 Å². The molecule has 0 aromatic rings. The zero-order valence-electron chi connectivity index (χ0n) is 11.8. The predicted molar refractivity (Wildman–Crippen MR) is 80.0 cm³/mol. The fraction of sp³-hybridized carbons (Fsp3) is 0.625. The molecule has 1 fully saturated rings. The number of hydrogen-bond acceptors (Lipinski definition) is 3. The van der Waals surface area contributed by atoms with E-state index in [4.69, 9.17) is 5.11 Å². The largest absolute Gasteiger partial charge is 0.395 e. The SMILES string of the molecule is CCCC/C=C/C=C/C=C/[C@@H]1CC[C@@H](O)[C@@H](CO)N1. The van der Waals surface area contributed by atoms with Crippen LogP contribution in [0.5, 0.6) is 0 Å². The van der Waals surface area contributed by atoms with Crippen LogP contribution in [0.25, 0.3) is 0 Å². The van der Waals surface area contributed by atoms with E-state index in [-0.39, 0.29) is 18.7 Å². The molecule has 108 valence electrons. The van der Waals surface area contributed by atoms with Crippen LogP contribution in [-0.4, -0.2) is 35.0 Å². The number of unbranched alkanes of at least 4 members (excludes halogenated alkanes) is 2. The summed E-state index contributed by atoms with van der Waals surface area (Å²) >= 11 is 0. The lowest BCUT2D eigenvalue weighted by Gasteiger charge is -2.32. The van der Waals surface area contributed by atoms with Crippen molar-refractivity contribution in [3.63, 3.8) is 0 Å². The molecule has 3 nitrogen and oxygen atoms in total. The first-order valence-electron chi connectivity index (χ1n) is 7.33. The third-order valence-electron chi connectivity index (χ3n) is 3.40. The Morgan fingerprint density at radius 3 is 2.68 bits per heavy atom. The average Bonchev–Trinajstić information content (AvgIpc) is 2.43. The summed E-state index contributed by atoms with van der Waals surface area (Å²) in [6.07, 6.45) is 17.3. The van der Waals surface area contributed by atoms with Gasteiger partial charge in [-0.25, -0.2) is 0 Å². The van der Waals surface area contributed by atoms with Crippen LogP contribution in [0.15, 0.2) is 36.5 Å². The van der Waals surface area contributed by atoms with E-state index in [0.29, 0.717) is 0 Å². The lowest BCUT2D eigenvalue weighted by atomic mass is 9.96. The van der Waals surface area contributed by atoms with Crippen molar-refractivity contribution < 1.29 is 10.2 Å². The molecule has 1 heterocycles. The minimum Gasteiger partial charge on any atom is -0.395 e. The number of rotatable bonds is 7. The third kappa shape index (κ3) is 6.71. The second kappa shape index (κ2) is 9.96. The lowest BCUT2D eigenvalue weighted by molar-refractivity contribution is 0.0562. The van der Waals surface area contributed by atoms with Gasteiger partial charge in [0.2, 0.25) is 0 Å². The van der Waals surface area contributed by atoms with Gasteiger partial charge in [-0.05, 0) is 19.3 Å².